The van der Waals surface area contributed by atoms with Crippen molar-refractivity contribution >= 4 is 15.9 Å². The quantitative estimate of drug-likeness (QED) is 0.555. The number of nitrogens with one attached hydrogen (secondary N) is 2. The van der Waals surface area contributed by atoms with E-state index in [-0.39, 0.29) is 18.0 Å². The summed E-state index contributed by atoms with van der Waals surface area (Å²) in [4.78, 5) is 11.9. The number of carbonyl (C=O) groups excluding carboxylic acids is 1. The summed E-state index contributed by atoms with van der Waals surface area (Å²) in [5, 5.41) is 6.13. The molecular formula is C14H31N3O3S. The highest BCUT2D eigenvalue weighted by Gasteiger charge is 2.16. The first kappa shape index (κ1) is 20.3. The lowest BCUT2D eigenvalue weighted by atomic mass is 10.1. The molecular weight excluding hydrogens is 290 g/mol. The minimum atomic E-state index is -3.13. The molecule has 126 valence electrons. The molecule has 0 aromatic carbocycles. The van der Waals surface area contributed by atoms with Crippen LogP contribution >= 0.6 is 0 Å². The fraction of sp³-hybridized carbons (Fsp3) is 0.929. The van der Waals surface area contributed by atoms with Crippen molar-refractivity contribution < 1.29 is 13.2 Å². The molecule has 0 rings (SSSR count). The first-order chi connectivity index (χ1) is 9.76. The van der Waals surface area contributed by atoms with Crippen LogP contribution in [0.5, 0.6) is 0 Å². The van der Waals surface area contributed by atoms with Gasteiger partial charge >= 0.3 is 0 Å². The predicted molar refractivity (Wildman–Crippen MR) is 86.7 cm³/mol. The minimum absolute atomic E-state index is 0.000777. The summed E-state index contributed by atoms with van der Waals surface area (Å²) in [6, 6.07) is -0.0403. The zero-order valence-electron chi connectivity index (χ0n) is 14.0. The molecule has 7 heteroatoms. The molecule has 0 bridgehead atoms. The van der Waals surface area contributed by atoms with Crippen LogP contribution in [0.25, 0.3) is 0 Å². The molecule has 0 aliphatic rings. The van der Waals surface area contributed by atoms with Crippen molar-refractivity contribution in [3.63, 3.8) is 0 Å². The van der Waals surface area contributed by atoms with E-state index in [1.54, 1.807) is 0 Å². The number of hydrogen-bond donors (Lipinski definition) is 2. The van der Waals surface area contributed by atoms with Gasteiger partial charge in [0.2, 0.25) is 15.9 Å². The number of carbonyl (C=O) groups is 1. The Morgan fingerprint density at radius 1 is 1.19 bits per heavy atom. The van der Waals surface area contributed by atoms with E-state index in [1.165, 1.54) is 10.6 Å². The molecule has 0 saturated carbocycles. The van der Waals surface area contributed by atoms with Gasteiger partial charge in [0.15, 0.2) is 0 Å². The van der Waals surface area contributed by atoms with Gasteiger partial charge in [-0.2, -0.15) is 0 Å². The van der Waals surface area contributed by atoms with Gasteiger partial charge in [-0.15, -0.1) is 0 Å². The van der Waals surface area contributed by atoms with Crippen LogP contribution in [0.1, 0.15) is 47.0 Å². The van der Waals surface area contributed by atoms with Gasteiger partial charge in [0.05, 0.1) is 12.3 Å². The molecule has 0 aromatic rings. The second-order valence-electron chi connectivity index (χ2n) is 5.31. The van der Waals surface area contributed by atoms with E-state index in [2.05, 4.69) is 24.5 Å². The number of sulfonamides is 1. The molecule has 1 amide bonds. The van der Waals surface area contributed by atoms with Crippen LogP contribution in [-0.2, 0) is 14.8 Å². The molecule has 1 unspecified atom stereocenters. The lowest BCUT2D eigenvalue weighted by Gasteiger charge is -2.20. The van der Waals surface area contributed by atoms with Crippen molar-refractivity contribution in [1.29, 1.82) is 0 Å². The SMILES string of the molecule is CCC(CC)NC(=O)C(C)NCCCN(CC)S(C)(=O)=O. The summed E-state index contributed by atoms with van der Waals surface area (Å²) in [7, 11) is -3.13. The van der Waals surface area contributed by atoms with Crippen molar-refractivity contribution in [3.05, 3.63) is 0 Å². The highest BCUT2D eigenvalue weighted by atomic mass is 32.2. The van der Waals surface area contributed by atoms with Gasteiger partial charge in [-0.3, -0.25) is 4.79 Å². The van der Waals surface area contributed by atoms with E-state index < -0.39 is 10.0 Å². The highest BCUT2D eigenvalue weighted by Crippen LogP contribution is 1.99. The van der Waals surface area contributed by atoms with Gasteiger partial charge in [-0.1, -0.05) is 20.8 Å². The van der Waals surface area contributed by atoms with Gasteiger partial charge in [-0.05, 0) is 32.7 Å². The Morgan fingerprint density at radius 2 is 1.76 bits per heavy atom. The molecule has 0 aromatic heterocycles. The maximum atomic E-state index is 11.9. The first-order valence-corrected chi connectivity index (χ1v) is 9.59. The summed E-state index contributed by atoms with van der Waals surface area (Å²) in [5.74, 6) is -0.000777. The standard InChI is InChI=1S/C14H31N3O3S/c1-6-13(7-2)16-14(18)12(4)15-10-9-11-17(8-3)21(5,19)20/h12-13,15H,6-11H2,1-5H3,(H,16,18). The first-order valence-electron chi connectivity index (χ1n) is 7.75. The van der Waals surface area contributed by atoms with E-state index in [0.29, 0.717) is 26.1 Å². The molecule has 0 saturated heterocycles. The smallest absolute Gasteiger partial charge is 0.237 e. The minimum Gasteiger partial charge on any atom is -0.352 e. The number of rotatable bonds is 11. The maximum absolute atomic E-state index is 11.9. The molecule has 0 fully saturated rings. The molecule has 0 radical (unpaired) electrons. The lowest BCUT2D eigenvalue weighted by molar-refractivity contribution is -0.123. The van der Waals surface area contributed by atoms with E-state index in [0.717, 1.165) is 12.8 Å². The van der Waals surface area contributed by atoms with E-state index in [1.807, 2.05) is 13.8 Å². The van der Waals surface area contributed by atoms with Crippen molar-refractivity contribution in [2.75, 3.05) is 25.9 Å². The van der Waals surface area contributed by atoms with Gasteiger partial charge in [0.25, 0.3) is 0 Å². The van der Waals surface area contributed by atoms with Crippen molar-refractivity contribution in [2.45, 2.75) is 59.0 Å². The fourth-order valence-corrected chi connectivity index (χ4v) is 2.97. The fourth-order valence-electron chi connectivity index (χ4n) is 2.04. The van der Waals surface area contributed by atoms with E-state index >= 15 is 0 Å². The number of amides is 1. The Labute approximate surface area is 129 Å². The normalized spacial score (nSPS) is 13.7. The van der Waals surface area contributed by atoms with Crippen LogP contribution in [-0.4, -0.2) is 56.6 Å². The lowest BCUT2D eigenvalue weighted by Crippen LogP contribution is -2.46. The van der Waals surface area contributed by atoms with Crippen molar-refractivity contribution in [1.82, 2.24) is 14.9 Å². The second kappa shape index (κ2) is 10.1. The van der Waals surface area contributed by atoms with Crippen molar-refractivity contribution in [2.24, 2.45) is 0 Å². The molecule has 21 heavy (non-hydrogen) atoms. The second-order valence-corrected chi connectivity index (χ2v) is 7.29. The molecule has 1 atom stereocenters. The van der Waals surface area contributed by atoms with Gasteiger partial charge in [0, 0.05) is 19.1 Å². The monoisotopic (exact) mass is 321 g/mol. The maximum Gasteiger partial charge on any atom is 0.237 e. The Bertz CT molecular complexity index is 394. The van der Waals surface area contributed by atoms with Crippen LogP contribution in [0.3, 0.4) is 0 Å². The number of hydrogen-bond acceptors (Lipinski definition) is 4. The van der Waals surface area contributed by atoms with Gasteiger partial charge < -0.3 is 10.6 Å². The summed E-state index contributed by atoms with van der Waals surface area (Å²) >= 11 is 0. The van der Waals surface area contributed by atoms with E-state index in [9.17, 15) is 13.2 Å². The Hall–Kier alpha value is -0.660. The molecule has 0 aliphatic carbocycles. The summed E-state index contributed by atoms with van der Waals surface area (Å²) in [5.41, 5.74) is 0. The topological polar surface area (TPSA) is 78.5 Å². The Balaban J connectivity index is 4.04. The molecule has 6 nitrogen and oxygen atoms in total. The predicted octanol–water partition coefficient (Wildman–Crippen LogP) is 0.941. The molecule has 0 spiro atoms. The zero-order valence-corrected chi connectivity index (χ0v) is 14.8. The highest BCUT2D eigenvalue weighted by molar-refractivity contribution is 7.88. The third-order valence-electron chi connectivity index (χ3n) is 3.58. The summed E-state index contributed by atoms with van der Waals surface area (Å²) in [6.07, 6.45) is 3.75. The zero-order chi connectivity index (χ0) is 16.5. The van der Waals surface area contributed by atoms with Crippen LogP contribution in [0.4, 0.5) is 0 Å². The van der Waals surface area contributed by atoms with E-state index in [4.69, 9.17) is 0 Å². The third kappa shape index (κ3) is 8.38. The molecule has 2 N–H and O–H groups in total. The Kier molecular flexibility index (Phi) is 9.81. The third-order valence-corrected chi connectivity index (χ3v) is 4.96. The van der Waals surface area contributed by atoms with Crippen LogP contribution in [0.2, 0.25) is 0 Å². The van der Waals surface area contributed by atoms with Crippen LogP contribution in [0.15, 0.2) is 0 Å². The molecule has 0 aliphatic heterocycles. The summed E-state index contributed by atoms with van der Waals surface area (Å²) in [6.45, 7) is 9.32. The van der Waals surface area contributed by atoms with Crippen LogP contribution < -0.4 is 10.6 Å². The summed E-state index contributed by atoms with van der Waals surface area (Å²) < 4.78 is 24.3. The van der Waals surface area contributed by atoms with Crippen molar-refractivity contribution in [3.8, 4) is 0 Å². The average molecular weight is 321 g/mol. The largest absolute Gasteiger partial charge is 0.352 e. The van der Waals surface area contributed by atoms with Crippen LogP contribution in [0, 0.1) is 0 Å². The Morgan fingerprint density at radius 3 is 2.19 bits per heavy atom. The van der Waals surface area contributed by atoms with Gasteiger partial charge in [-0.25, -0.2) is 12.7 Å². The van der Waals surface area contributed by atoms with Gasteiger partial charge in [0.1, 0.15) is 0 Å². The average Bonchev–Trinajstić information content (AvgIpc) is 2.42. The molecule has 0 heterocycles. The number of nitrogens with zero attached hydrogens (tertiary/aromatic N) is 1.